The van der Waals surface area contributed by atoms with E-state index in [0.29, 0.717) is 12.8 Å². The molecule has 2 amide bonds. The molecular weight excluding hydrogens is 208 g/mol. The number of nitrogens with one attached hydrogen (secondary N) is 1. The number of carbonyl (C=O) groups is 2. The first-order valence-corrected chi connectivity index (χ1v) is 5.86. The number of carboxylic acid groups (broad SMARTS) is 1. The standard InChI is InChI=1S/C11H20N2O3/c1-3-11(4-2,9(14)15)12-10(16)13-7-5-6-8-13/h3-8H2,1-2H3,(H,12,16)(H,14,15). The summed E-state index contributed by atoms with van der Waals surface area (Å²) in [7, 11) is 0. The third kappa shape index (κ3) is 2.46. The van der Waals surface area contributed by atoms with E-state index in [1.165, 1.54) is 0 Å². The van der Waals surface area contributed by atoms with E-state index in [9.17, 15) is 14.7 Å². The third-order valence-corrected chi connectivity index (χ3v) is 3.36. The Morgan fingerprint density at radius 1 is 1.25 bits per heavy atom. The second-order valence-corrected chi connectivity index (χ2v) is 4.22. The Kier molecular flexibility index (Phi) is 4.15. The van der Waals surface area contributed by atoms with Crippen LogP contribution < -0.4 is 5.32 Å². The summed E-state index contributed by atoms with van der Waals surface area (Å²) in [5.74, 6) is -0.954. The van der Waals surface area contributed by atoms with Gasteiger partial charge in [0.15, 0.2) is 0 Å². The van der Waals surface area contributed by atoms with Crippen LogP contribution in [0.15, 0.2) is 0 Å². The summed E-state index contributed by atoms with van der Waals surface area (Å²) in [6, 6.07) is -0.247. The molecule has 0 bridgehead atoms. The highest BCUT2D eigenvalue weighted by atomic mass is 16.4. The van der Waals surface area contributed by atoms with Gasteiger partial charge in [-0.2, -0.15) is 0 Å². The molecule has 5 heteroatoms. The Morgan fingerprint density at radius 2 is 1.75 bits per heavy atom. The summed E-state index contributed by atoms with van der Waals surface area (Å²) < 4.78 is 0. The van der Waals surface area contributed by atoms with Crippen molar-refractivity contribution < 1.29 is 14.7 Å². The summed E-state index contributed by atoms with van der Waals surface area (Å²) in [5.41, 5.74) is -1.11. The van der Waals surface area contributed by atoms with E-state index in [2.05, 4.69) is 5.32 Å². The molecule has 1 aliphatic rings. The van der Waals surface area contributed by atoms with Gasteiger partial charge in [0.05, 0.1) is 0 Å². The zero-order valence-electron chi connectivity index (χ0n) is 9.95. The molecule has 0 aromatic heterocycles. The zero-order valence-corrected chi connectivity index (χ0v) is 9.95. The van der Waals surface area contributed by atoms with E-state index in [1.54, 1.807) is 18.7 Å². The number of rotatable bonds is 4. The number of amides is 2. The summed E-state index contributed by atoms with van der Waals surface area (Å²) in [6.07, 6.45) is 2.81. The number of hydrogen-bond donors (Lipinski definition) is 2. The van der Waals surface area contributed by atoms with Crippen molar-refractivity contribution in [2.45, 2.75) is 45.1 Å². The number of carboxylic acids is 1. The molecule has 0 atom stereocenters. The Bertz CT molecular complexity index is 268. The average Bonchev–Trinajstić information content (AvgIpc) is 2.78. The van der Waals surface area contributed by atoms with Crippen molar-refractivity contribution in [2.75, 3.05) is 13.1 Å². The first kappa shape index (κ1) is 12.8. The molecule has 1 rings (SSSR count). The molecule has 0 saturated carbocycles. The van der Waals surface area contributed by atoms with Crippen molar-refractivity contribution in [2.24, 2.45) is 0 Å². The van der Waals surface area contributed by atoms with Crippen molar-refractivity contribution in [1.82, 2.24) is 10.2 Å². The van der Waals surface area contributed by atoms with Crippen LogP contribution >= 0.6 is 0 Å². The minimum absolute atomic E-state index is 0.247. The molecule has 0 aliphatic carbocycles. The molecule has 5 nitrogen and oxygen atoms in total. The SMILES string of the molecule is CCC(CC)(NC(=O)N1CCCC1)C(=O)O. The van der Waals surface area contributed by atoms with E-state index in [4.69, 9.17) is 0 Å². The molecule has 0 aromatic rings. The van der Waals surface area contributed by atoms with E-state index in [-0.39, 0.29) is 6.03 Å². The largest absolute Gasteiger partial charge is 0.480 e. The molecule has 0 unspecified atom stereocenters. The van der Waals surface area contributed by atoms with Gasteiger partial charge in [0.1, 0.15) is 5.54 Å². The summed E-state index contributed by atoms with van der Waals surface area (Å²) in [5, 5.41) is 11.8. The smallest absolute Gasteiger partial charge is 0.329 e. The number of aliphatic carboxylic acids is 1. The van der Waals surface area contributed by atoms with Gasteiger partial charge in [0.2, 0.25) is 0 Å². The lowest BCUT2D eigenvalue weighted by Gasteiger charge is -2.30. The minimum Gasteiger partial charge on any atom is -0.480 e. The van der Waals surface area contributed by atoms with Crippen LogP contribution in [0.2, 0.25) is 0 Å². The molecule has 2 N–H and O–H groups in total. The molecule has 16 heavy (non-hydrogen) atoms. The van der Waals surface area contributed by atoms with Gasteiger partial charge in [0, 0.05) is 13.1 Å². The second kappa shape index (κ2) is 5.18. The van der Waals surface area contributed by atoms with Crippen LogP contribution in [-0.4, -0.2) is 40.6 Å². The molecule has 0 aromatic carbocycles. The van der Waals surface area contributed by atoms with Crippen LogP contribution in [0.4, 0.5) is 4.79 Å². The number of urea groups is 1. The fourth-order valence-corrected chi connectivity index (χ4v) is 1.99. The van der Waals surface area contributed by atoms with Crippen molar-refractivity contribution in [3.05, 3.63) is 0 Å². The molecule has 0 radical (unpaired) electrons. The predicted octanol–water partition coefficient (Wildman–Crippen LogP) is 1.44. The van der Waals surface area contributed by atoms with E-state index in [1.807, 2.05) is 0 Å². The highest BCUT2D eigenvalue weighted by Crippen LogP contribution is 2.17. The maximum Gasteiger partial charge on any atom is 0.329 e. The van der Waals surface area contributed by atoms with Crippen LogP contribution in [0.3, 0.4) is 0 Å². The minimum atomic E-state index is -1.11. The molecule has 0 spiro atoms. The van der Waals surface area contributed by atoms with Crippen molar-refractivity contribution in [3.8, 4) is 0 Å². The Hall–Kier alpha value is -1.26. The number of carbonyl (C=O) groups excluding carboxylic acids is 1. The fourth-order valence-electron chi connectivity index (χ4n) is 1.99. The van der Waals surface area contributed by atoms with Gasteiger partial charge < -0.3 is 15.3 Å². The number of hydrogen-bond acceptors (Lipinski definition) is 2. The lowest BCUT2D eigenvalue weighted by Crippen LogP contribution is -2.56. The van der Waals surface area contributed by atoms with Crippen LogP contribution in [0, 0.1) is 0 Å². The van der Waals surface area contributed by atoms with Crippen molar-refractivity contribution in [1.29, 1.82) is 0 Å². The van der Waals surface area contributed by atoms with Crippen LogP contribution in [0.5, 0.6) is 0 Å². The lowest BCUT2D eigenvalue weighted by atomic mass is 9.93. The van der Waals surface area contributed by atoms with Crippen LogP contribution in [0.25, 0.3) is 0 Å². The Morgan fingerprint density at radius 3 is 2.12 bits per heavy atom. The fraction of sp³-hybridized carbons (Fsp3) is 0.818. The maximum absolute atomic E-state index is 11.8. The van der Waals surface area contributed by atoms with Gasteiger partial charge in [-0.25, -0.2) is 9.59 Å². The van der Waals surface area contributed by atoms with Crippen molar-refractivity contribution >= 4 is 12.0 Å². The summed E-state index contributed by atoms with van der Waals surface area (Å²) >= 11 is 0. The predicted molar refractivity (Wildman–Crippen MR) is 60.3 cm³/mol. The highest BCUT2D eigenvalue weighted by Gasteiger charge is 2.37. The Labute approximate surface area is 95.8 Å². The molecule has 1 heterocycles. The molecule has 1 aliphatic heterocycles. The topological polar surface area (TPSA) is 69.6 Å². The quantitative estimate of drug-likeness (QED) is 0.764. The molecular formula is C11H20N2O3. The van der Waals surface area contributed by atoms with Gasteiger partial charge in [-0.1, -0.05) is 13.8 Å². The van der Waals surface area contributed by atoms with E-state index < -0.39 is 11.5 Å². The van der Waals surface area contributed by atoms with Gasteiger partial charge in [0.25, 0.3) is 0 Å². The third-order valence-electron chi connectivity index (χ3n) is 3.36. The van der Waals surface area contributed by atoms with E-state index >= 15 is 0 Å². The highest BCUT2D eigenvalue weighted by molar-refractivity contribution is 5.86. The Balaban J connectivity index is 2.67. The monoisotopic (exact) mass is 228 g/mol. The van der Waals surface area contributed by atoms with Gasteiger partial charge in [-0.15, -0.1) is 0 Å². The first-order chi connectivity index (χ1) is 7.55. The molecule has 92 valence electrons. The molecule has 1 saturated heterocycles. The van der Waals surface area contributed by atoms with E-state index in [0.717, 1.165) is 25.9 Å². The average molecular weight is 228 g/mol. The molecule has 1 fully saturated rings. The van der Waals surface area contributed by atoms with Gasteiger partial charge in [-0.3, -0.25) is 0 Å². The first-order valence-electron chi connectivity index (χ1n) is 5.86. The number of nitrogens with zero attached hydrogens (tertiary/aromatic N) is 1. The maximum atomic E-state index is 11.8. The van der Waals surface area contributed by atoms with Gasteiger partial charge >= 0.3 is 12.0 Å². The van der Waals surface area contributed by atoms with Gasteiger partial charge in [-0.05, 0) is 25.7 Å². The lowest BCUT2D eigenvalue weighted by molar-refractivity contribution is -0.144. The summed E-state index contributed by atoms with van der Waals surface area (Å²) in [4.78, 5) is 24.7. The van der Waals surface area contributed by atoms with Crippen LogP contribution in [0.1, 0.15) is 39.5 Å². The van der Waals surface area contributed by atoms with Crippen molar-refractivity contribution in [3.63, 3.8) is 0 Å². The van der Waals surface area contributed by atoms with Crippen LogP contribution in [-0.2, 0) is 4.79 Å². The summed E-state index contributed by atoms with van der Waals surface area (Å²) in [6.45, 7) is 5.02. The normalized spacial score (nSPS) is 16.2. The zero-order chi connectivity index (χ0) is 12.2. The second-order valence-electron chi connectivity index (χ2n) is 4.22. The number of likely N-dealkylation sites (tertiary alicyclic amines) is 1.